The second-order valence-electron chi connectivity index (χ2n) is 6.41. The predicted octanol–water partition coefficient (Wildman–Crippen LogP) is 3.44. The first-order chi connectivity index (χ1) is 11.5. The van der Waals surface area contributed by atoms with Crippen molar-refractivity contribution in [3.63, 3.8) is 0 Å². The van der Waals surface area contributed by atoms with Gasteiger partial charge in [-0.05, 0) is 49.6 Å². The van der Waals surface area contributed by atoms with Gasteiger partial charge in [0.25, 0.3) is 10.0 Å². The maximum absolute atomic E-state index is 14.1. The van der Waals surface area contributed by atoms with Crippen LogP contribution in [0.2, 0.25) is 0 Å². The smallest absolute Gasteiger partial charge is 0.265 e. The Bertz CT molecular complexity index is 905. The Morgan fingerprint density at radius 1 is 1.04 bits per heavy atom. The highest BCUT2D eigenvalue weighted by atomic mass is 32.2. The van der Waals surface area contributed by atoms with Crippen molar-refractivity contribution in [3.05, 3.63) is 53.3 Å². The van der Waals surface area contributed by atoms with Crippen LogP contribution in [0.3, 0.4) is 0 Å². The van der Waals surface area contributed by atoms with Crippen molar-refractivity contribution >= 4 is 21.4 Å². The Kier molecular flexibility index (Phi) is 3.53. The van der Waals surface area contributed by atoms with E-state index >= 15 is 0 Å². The standard InChI is InChI=1S/C18H19FN2O2S/c1-13-7-8-16(20-9-2-3-10-20)17(11-13)21-12-14-15(19)5-4-6-18(14)24(21,22)23/h4-8,11H,2-3,9-10,12H2,1H3. The van der Waals surface area contributed by atoms with Crippen molar-refractivity contribution in [2.24, 2.45) is 0 Å². The van der Waals surface area contributed by atoms with Crippen molar-refractivity contribution in [1.82, 2.24) is 0 Å². The number of halogens is 1. The lowest BCUT2D eigenvalue weighted by molar-refractivity contribution is 0.595. The summed E-state index contributed by atoms with van der Waals surface area (Å²) in [5, 5.41) is 0. The molecule has 2 aliphatic rings. The molecule has 0 bridgehead atoms. The average molecular weight is 346 g/mol. The van der Waals surface area contributed by atoms with Gasteiger partial charge in [-0.15, -0.1) is 0 Å². The van der Waals surface area contributed by atoms with Crippen molar-refractivity contribution in [1.29, 1.82) is 0 Å². The van der Waals surface area contributed by atoms with E-state index in [-0.39, 0.29) is 17.0 Å². The van der Waals surface area contributed by atoms with E-state index in [1.165, 1.54) is 22.5 Å². The Hall–Kier alpha value is -2.08. The normalized spacial score (nSPS) is 18.9. The SMILES string of the molecule is Cc1ccc(N2CCCC2)c(N2Cc3c(F)cccc3S2(=O)=O)c1. The van der Waals surface area contributed by atoms with Gasteiger partial charge in [0.05, 0.1) is 22.8 Å². The van der Waals surface area contributed by atoms with E-state index in [1.807, 2.05) is 25.1 Å². The van der Waals surface area contributed by atoms with Crippen LogP contribution in [-0.4, -0.2) is 21.5 Å². The highest BCUT2D eigenvalue weighted by molar-refractivity contribution is 7.93. The van der Waals surface area contributed by atoms with Crippen molar-refractivity contribution in [3.8, 4) is 0 Å². The Labute approximate surface area is 141 Å². The maximum atomic E-state index is 14.1. The minimum atomic E-state index is -3.72. The quantitative estimate of drug-likeness (QED) is 0.836. The van der Waals surface area contributed by atoms with Crippen LogP contribution in [0.1, 0.15) is 24.0 Å². The second-order valence-corrected chi connectivity index (χ2v) is 8.25. The molecule has 1 saturated heterocycles. The Morgan fingerprint density at radius 2 is 1.79 bits per heavy atom. The fourth-order valence-corrected chi connectivity index (χ4v) is 5.22. The highest BCUT2D eigenvalue weighted by Gasteiger charge is 2.38. The molecule has 0 aromatic heterocycles. The van der Waals surface area contributed by atoms with E-state index in [0.717, 1.165) is 37.2 Å². The molecule has 6 heteroatoms. The Balaban J connectivity index is 1.86. The summed E-state index contributed by atoms with van der Waals surface area (Å²) >= 11 is 0. The van der Waals surface area contributed by atoms with Crippen LogP contribution in [0, 0.1) is 12.7 Å². The lowest BCUT2D eigenvalue weighted by Gasteiger charge is -2.27. The molecule has 2 aromatic rings. The van der Waals surface area contributed by atoms with Gasteiger partial charge in [-0.1, -0.05) is 12.1 Å². The molecular formula is C18H19FN2O2S. The molecule has 0 amide bonds. The van der Waals surface area contributed by atoms with Crippen molar-refractivity contribution in [2.75, 3.05) is 22.3 Å². The summed E-state index contributed by atoms with van der Waals surface area (Å²) in [5.41, 5.74) is 2.80. The van der Waals surface area contributed by atoms with E-state index < -0.39 is 15.8 Å². The zero-order valence-corrected chi connectivity index (χ0v) is 14.3. The van der Waals surface area contributed by atoms with Gasteiger partial charge in [-0.25, -0.2) is 12.8 Å². The number of fused-ring (bicyclic) bond motifs is 1. The molecule has 126 valence electrons. The van der Waals surface area contributed by atoms with Crippen LogP contribution in [0.25, 0.3) is 0 Å². The van der Waals surface area contributed by atoms with Crippen LogP contribution in [-0.2, 0) is 16.6 Å². The number of hydrogen-bond acceptors (Lipinski definition) is 3. The summed E-state index contributed by atoms with van der Waals surface area (Å²) in [5.74, 6) is -0.464. The molecule has 0 N–H and O–H groups in total. The molecule has 0 saturated carbocycles. The van der Waals surface area contributed by atoms with Crippen molar-refractivity contribution < 1.29 is 12.8 Å². The monoisotopic (exact) mass is 346 g/mol. The third-order valence-electron chi connectivity index (χ3n) is 4.79. The van der Waals surface area contributed by atoms with Gasteiger partial charge in [0.15, 0.2) is 0 Å². The fourth-order valence-electron chi connectivity index (χ4n) is 3.55. The zero-order chi connectivity index (χ0) is 16.9. The topological polar surface area (TPSA) is 40.6 Å². The zero-order valence-electron chi connectivity index (χ0n) is 13.5. The molecule has 1 fully saturated rings. The first-order valence-corrected chi connectivity index (χ1v) is 9.58. The number of nitrogens with zero attached hydrogens (tertiary/aromatic N) is 2. The van der Waals surface area contributed by atoms with Gasteiger partial charge in [-0.3, -0.25) is 4.31 Å². The van der Waals surface area contributed by atoms with E-state index in [2.05, 4.69) is 4.90 Å². The second kappa shape index (κ2) is 5.48. The summed E-state index contributed by atoms with van der Waals surface area (Å²) in [6, 6.07) is 10.1. The third kappa shape index (κ3) is 2.28. The van der Waals surface area contributed by atoms with Crippen molar-refractivity contribution in [2.45, 2.75) is 31.2 Å². The molecule has 2 aliphatic heterocycles. The maximum Gasteiger partial charge on any atom is 0.265 e. The van der Waals surface area contributed by atoms with E-state index in [0.29, 0.717) is 5.69 Å². The van der Waals surface area contributed by atoms with Gasteiger partial charge in [0.1, 0.15) is 5.82 Å². The van der Waals surface area contributed by atoms with Crippen LogP contribution in [0.5, 0.6) is 0 Å². The first kappa shape index (κ1) is 15.4. The summed E-state index contributed by atoms with van der Waals surface area (Å²) < 4.78 is 41.4. The molecule has 24 heavy (non-hydrogen) atoms. The molecule has 0 unspecified atom stereocenters. The molecule has 0 atom stereocenters. The summed E-state index contributed by atoms with van der Waals surface area (Å²) in [4.78, 5) is 2.29. The number of benzene rings is 2. The number of sulfonamides is 1. The number of hydrogen-bond donors (Lipinski definition) is 0. The molecule has 0 aliphatic carbocycles. The van der Waals surface area contributed by atoms with Gasteiger partial charge in [-0.2, -0.15) is 0 Å². The van der Waals surface area contributed by atoms with Gasteiger partial charge in [0, 0.05) is 18.7 Å². The molecule has 2 heterocycles. The molecule has 0 spiro atoms. The molecule has 4 rings (SSSR count). The number of aryl methyl sites for hydroxylation is 1. The largest absolute Gasteiger partial charge is 0.370 e. The van der Waals surface area contributed by atoms with E-state index in [9.17, 15) is 12.8 Å². The number of anilines is 2. The van der Waals surface area contributed by atoms with Crippen LogP contribution >= 0.6 is 0 Å². The lowest BCUT2D eigenvalue weighted by atomic mass is 10.1. The Morgan fingerprint density at radius 3 is 2.50 bits per heavy atom. The summed E-state index contributed by atoms with van der Waals surface area (Å²) in [7, 11) is -3.72. The average Bonchev–Trinajstić information content (AvgIpc) is 3.15. The van der Waals surface area contributed by atoms with Crippen LogP contribution in [0.4, 0.5) is 15.8 Å². The number of rotatable bonds is 2. The summed E-state index contributed by atoms with van der Waals surface area (Å²) in [6.07, 6.45) is 2.21. The molecule has 2 aromatic carbocycles. The first-order valence-electron chi connectivity index (χ1n) is 8.14. The minimum absolute atomic E-state index is 0.0502. The predicted molar refractivity (Wildman–Crippen MR) is 92.4 cm³/mol. The lowest BCUT2D eigenvalue weighted by Crippen LogP contribution is -2.27. The van der Waals surface area contributed by atoms with Gasteiger partial charge >= 0.3 is 0 Å². The van der Waals surface area contributed by atoms with Crippen LogP contribution < -0.4 is 9.21 Å². The minimum Gasteiger partial charge on any atom is -0.370 e. The third-order valence-corrected chi connectivity index (χ3v) is 6.64. The van der Waals surface area contributed by atoms with Gasteiger partial charge < -0.3 is 4.90 Å². The molecule has 4 nitrogen and oxygen atoms in total. The van der Waals surface area contributed by atoms with Crippen LogP contribution in [0.15, 0.2) is 41.3 Å². The van der Waals surface area contributed by atoms with E-state index in [4.69, 9.17) is 0 Å². The molecule has 0 radical (unpaired) electrons. The fraction of sp³-hybridized carbons (Fsp3) is 0.333. The van der Waals surface area contributed by atoms with E-state index in [1.54, 1.807) is 0 Å². The molecular weight excluding hydrogens is 327 g/mol. The van der Waals surface area contributed by atoms with Gasteiger partial charge in [0.2, 0.25) is 0 Å². The highest BCUT2D eigenvalue weighted by Crippen LogP contribution is 2.41. The summed E-state index contributed by atoms with van der Waals surface area (Å²) in [6.45, 7) is 3.83.